The molecule has 1 fully saturated rings. The summed E-state index contributed by atoms with van der Waals surface area (Å²) < 4.78 is 5.44. The summed E-state index contributed by atoms with van der Waals surface area (Å²) in [6.07, 6.45) is 6.57. The molecule has 0 radical (unpaired) electrons. The molecule has 1 aromatic carbocycles. The second-order valence-electron chi connectivity index (χ2n) is 6.53. The molecule has 1 aromatic rings. The zero-order valence-corrected chi connectivity index (χ0v) is 13.2. The largest absolute Gasteiger partial charge is 0.497 e. The van der Waals surface area contributed by atoms with Gasteiger partial charge in [-0.05, 0) is 80.3 Å². The van der Waals surface area contributed by atoms with E-state index in [1.54, 1.807) is 18.2 Å². The Labute approximate surface area is 128 Å². The van der Waals surface area contributed by atoms with Crippen LogP contribution >= 0.6 is 0 Å². The van der Waals surface area contributed by atoms with Gasteiger partial charge in [0.1, 0.15) is 5.75 Å². The van der Waals surface area contributed by atoms with Crippen LogP contribution in [0.5, 0.6) is 5.75 Å². The van der Waals surface area contributed by atoms with Gasteiger partial charge in [0.05, 0.1) is 7.11 Å². The third kappa shape index (κ3) is 3.24. The molecule has 0 bridgehead atoms. The lowest BCUT2D eigenvalue weighted by Crippen LogP contribution is -2.38. The number of fused-ring (bicyclic) bond motifs is 1. The summed E-state index contributed by atoms with van der Waals surface area (Å²) in [4.78, 5) is 2.52. The monoisotopic (exact) mass is 288 g/mol. The van der Waals surface area contributed by atoms with Crippen molar-refractivity contribution in [3.8, 4) is 5.75 Å². The van der Waals surface area contributed by atoms with Gasteiger partial charge in [-0.3, -0.25) is 0 Å². The van der Waals surface area contributed by atoms with Crippen molar-refractivity contribution in [1.82, 2.24) is 4.90 Å². The molecule has 0 spiro atoms. The maximum atomic E-state index is 5.68. The predicted molar refractivity (Wildman–Crippen MR) is 86.9 cm³/mol. The number of benzene rings is 1. The number of hydrogen-bond donors (Lipinski definition) is 1. The van der Waals surface area contributed by atoms with Gasteiger partial charge in [0, 0.05) is 13.1 Å². The number of piperidine rings is 1. The van der Waals surface area contributed by atoms with Crippen molar-refractivity contribution >= 4 is 0 Å². The molecular formula is C18H28N2O. The summed E-state index contributed by atoms with van der Waals surface area (Å²) in [6.45, 7) is 4.28. The molecule has 1 heterocycles. The minimum atomic E-state index is 0.740. The molecule has 21 heavy (non-hydrogen) atoms. The molecule has 2 N–H and O–H groups in total. The highest BCUT2D eigenvalue weighted by Gasteiger charge is 2.30. The Kier molecular flexibility index (Phi) is 4.81. The Bertz CT molecular complexity index is 466. The molecule has 0 aromatic heterocycles. The van der Waals surface area contributed by atoms with Crippen molar-refractivity contribution in [2.45, 2.75) is 38.0 Å². The van der Waals surface area contributed by atoms with Crippen molar-refractivity contribution in [2.75, 3.05) is 33.3 Å². The number of likely N-dealkylation sites (tertiary alicyclic amines) is 1. The average Bonchev–Trinajstić information content (AvgIpc) is 2.55. The number of aryl methyl sites for hydroxylation is 1. The lowest BCUT2D eigenvalue weighted by atomic mass is 9.72. The van der Waals surface area contributed by atoms with E-state index in [2.05, 4.69) is 23.1 Å². The van der Waals surface area contributed by atoms with E-state index >= 15 is 0 Å². The van der Waals surface area contributed by atoms with Gasteiger partial charge in [0.25, 0.3) is 0 Å². The van der Waals surface area contributed by atoms with Crippen LogP contribution in [-0.2, 0) is 6.42 Å². The molecule has 3 rings (SSSR count). The molecule has 1 aliphatic heterocycles. The van der Waals surface area contributed by atoms with Gasteiger partial charge in [-0.15, -0.1) is 0 Å². The molecule has 3 nitrogen and oxygen atoms in total. The topological polar surface area (TPSA) is 38.5 Å². The van der Waals surface area contributed by atoms with Crippen LogP contribution in [0, 0.1) is 5.92 Å². The van der Waals surface area contributed by atoms with E-state index in [4.69, 9.17) is 10.5 Å². The van der Waals surface area contributed by atoms with Crippen LogP contribution in [-0.4, -0.2) is 38.2 Å². The molecule has 1 atom stereocenters. The van der Waals surface area contributed by atoms with Gasteiger partial charge in [-0.1, -0.05) is 6.07 Å². The van der Waals surface area contributed by atoms with Crippen molar-refractivity contribution < 1.29 is 4.74 Å². The molecule has 0 amide bonds. The first-order chi connectivity index (χ1) is 10.3. The highest BCUT2D eigenvalue weighted by atomic mass is 16.5. The third-order valence-electron chi connectivity index (χ3n) is 5.36. The molecule has 1 aliphatic carbocycles. The first-order valence-electron chi connectivity index (χ1n) is 8.41. The number of hydrogen-bond acceptors (Lipinski definition) is 3. The van der Waals surface area contributed by atoms with Crippen molar-refractivity contribution in [3.05, 3.63) is 29.3 Å². The van der Waals surface area contributed by atoms with E-state index in [1.807, 2.05) is 0 Å². The zero-order chi connectivity index (χ0) is 14.7. The predicted octanol–water partition coefficient (Wildman–Crippen LogP) is 2.79. The van der Waals surface area contributed by atoms with Gasteiger partial charge < -0.3 is 15.4 Å². The van der Waals surface area contributed by atoms with Gasteiger partial charge >= 0.3 is 0 Å². The van der Waals surface area contributed by atoms with Crippen LogP contribution in [0.1, 0.15) is 42.7 Å². The molecule has 3 heteroatoms. The van der Waals surface area contributed by atoms with Gasteiger partial charge in [-0.2, -0.15) is 0 Å². The van der Waals surface area contributed by atoms with Crippen LogP contribution in [0.3, 0.4) is 0 Å². The second kappa shape index (κ2) is 6.80. The maximum Gasteiger partial charge on any atom is 0.119 e. The zero-order valence-electron chi connectivity index (χ0n) is 13.2. The number of methoxy groups -OCH3 is 1. The van der Waals surface area contributed by atoms with E-state index in [1.165, 1.54) is 45.2 Å². The Hall–Kier alpha value is -1.06. The van der Waals surface area contributed by atoms with Gasteiger partial charge in [0.2, 0.25) is 0 Å². The highest BCUT2D eigenvalue weighted by molar-refractivity contribution is 5.40. The number of rotatable bonds is 4. The fraction of sp³-hybridized carbons (Fsp3) is 0.667. The normalized spacial score (nSPS) is 23.8. The Morgan fingerprint density at radius 2 is 2.05 bits per heavy atom. The summed E-state index contributed by atoms with van der Waals surface area (Å²) >= 11 is 0. The van der Waals surface area contributed by atoms with Crippen molar-refractivity contribution in [1.29, 1.82) is 0 Å². The first kappa shape index (κ1) is 14.9. The summed E-state index contributed by atoms with van der Waals surface area (Å²) in [5, 5.41) is 0. The molecule has 116 valence electrons. The molecule has 1 saturated heterocycles. The van der Waals surface area contributed by atoms with E-state index in [-0.39, 0.29) is 0 Å². The summed E-state index contributed by atoms with van der Waals surface area (Å²) in [6, 6.07) is 6.69. The summed E-state index contributed by atoms with van der Waals surface area (Å²) in [5.41, 5.74) is 8.80. The Balaban J connectivity index is 1.73. The van der Waals surface area contributed by atoms with Crippen LogP contribution < -0.4 is 10.5 Å². The maximum absolute atomic E-state index is 5.68. The minimum absolute atomic E-state index is 0.740. The second-order valence-corrected chi connectivity index (χ2v) is 6.53. The molecule has 0 saturated carbocycles. The van der Waals surface area contributed by atoms with Gasteiger partial charge in [0.15, 0.2) is 0 Å². The number of ether oxygens (including phenoxy) is 1. The smallest absolute Gasteiger partial charge is 0.119 e. The first-order valence-corrected chi connectivity index (χ1v) is 8.41. The fourth-order valence-electron chi connectivity index (χ4n) is 4.19. The van der Waals surface area contributed by atoms with E-state index in [0.29, 0.717) is 0 Å². The molecular weight excluding hydrogens is 260 g/mol. The summed E-state index contributed by atoms with van der Waals surface area (Å²) in [5.74, 6) is 2.59. The fourth-order valence-corrected chi connectivity index (χ4v) is 4.19. The summed E-state index contributed by atoms with van der Waals surface area (Å²) in [7, 11) is 1.77. The van der Waals surface area contributed by atoms with Crippen LogP contribution in [0.25, 0.3) is 0 Å². The van der Waals surface area contributed by atoms with Crippen LogP contribution in [0.15, 0.2) is 18.2 Å². The lowest BCUT2D eigenvalue weighted by molar-refractivity contribution is 0.166. The number of nitrogens with two attached hydrogens (primary N) is 1. The Morgan fingerprint density at radius 3 is 2.76 bits per heavy atom. The molecule has 2 aliphatic rings. The standard InChI is InChI=1S/C18H28N2O/c1-21-16-6-5-14-3-2-4-17(18(14)13-16)15-7-10-20(11-8-15)12-9-19/h5-6,13,15,17H,2-4,7-12,19H2,1H3. The average molecular weight is 288 g/mol. The SMILES string of the molecule is COc1ccc2c(c1)C(C1CCN(CCN)CC1)CCC2. The molecule has 1 unspecified atom stereocenters. The van der Waals surface area contributed by atoms with Crippen LogP contribution in [0.2, 0.25) is 0 Å². The third-order valence-corrected chi connectivity index (χ3v) is 5.36. The van der Waals surface area contributed by atoms with Gasteiger partial charge in [-0.25, -0.2) is 0 Å². The number of nitrogens with zero attached hydrogens (tertiary/aromatic N) is 1. The van der Waals surface area contributed by atoms with E-state index < -0.39 is 0 Å². The van der Waals surface area contributed by atoms with E-state index in [0.717, 1.165) is 30.7 Å². The van der Waals surface area contributed by atoms with Crippen molar-refractivity contribution in [3.63, 3.8) is 0 Å². The minimum Gasteiger partial charge on any atom is -0.497 e. The Morgan fingerprint density at radius 1 is 1.24 bits per heavy atom. The van der Waals surface area contributed by atoms with E-state index in [9.17, 15) is 0 Å². The quantitative estimate of drug-likeness (QED) is 0.926. The van der Waals surface area contributed by atoms with Crippen molar-refractivity contribution in [2.24, 2.45) is 11.7 Å². The van der Waals surface area contributed by atoms with Crippen LogP contribution in [0.4, 0.5) is 0 Å². The lowest BCUT2D eigenvalue weighted by Gasteiger charge is -2.38. The highest BCUT2D eigenvalue weighted by Crippen LogP contribution is 2.42.